The summed E-state index contributed by atoms with van der Waals surface area (Å²) in [5.41, 5.74) is 13.0. The number of nitrogens with two attached hydrogens (primary N) is 1. The zero-order chi connectivity index (χ0) is 24.2. The number of hydrogen-bond donors (Lipinski definition) is 3. The summed E-state index contributed by atoms with van der Waals surface area (Å²) in [5, 5.41) is 8.79. The predicted octanol–water partition coefficient (Wildman–Crippen LogP) is 7.67. The van der Waals surface area contributed by atoms with Crippen LogP contribution in [0.1, 0.15) is 16.7 Å². The van der Waals surface area contributed by atoms with E-state index in [1.165, 1.54) is 0 Å². The zero-order valence-electron chi connectivity index (χ0n) is 19.2. The van der Waals surface area contributed by atoms with Crippen molar-refractivity contribution in [3.8, 4) is 11.1 Å². The number of nitrogens with one attached hydrogen (secondary N) is 2. The fraction of sp³-hybridized carbons (Fsp3) is 0.0345. The van der Waals surface area contributed by atoms with Crippen LogP contribution in [0.4, 0.5) is 22.0 Å². The zero-order valence-corrected chi connectivity index (χ0v) is 20.0. The molecule has 2 heterocycles. The van der Waals surface area contributed by atoms with Crippen molar-refractivity contribution in [3.63, 3.8) is 0 Å². The number of nitrogen functional groups attached to an aromatic ring is 1. The molecule has 0 atom stereocenters. The Morgan fingerprint density at radius 3 is 2.46 bits per heavy atom. The van der Waals surface area contributed by atoms with E-state index in [2.05, 4.69) is 45.3 Å². The second-order valence-corrected chi connectivity index (χ2v) is 9.10. The van der Waals surface area contributed by atoms with E-state index in [0.29, 0.717) is 11.5 Å². The van der Waals surface area contributed by atoms with Gasteiger partial charge in [-0.05, 0) is 53.3 Å². The number of hydrogen-bond acceptors (Lipinski definition) is 4. The number of carbonyl (C=O) groups excluding carboxylic acids is 1. The van der Waals surface area contributed by atoms with Crippen molar-refractivity contribution < 1.29 is 4.79 Å². The minimum atomic E-state index is -0.285. The average Bonchev–Trinajstić information content (AvgIpc) is 3.31. The van der Waals surface area contributed by atoms with E-state index < -0.39 is 0 Å². The van der Waals surface area contributed by atoms with Crippen molar-refractivity contribution in [2.24, 2.45) is 0 Å². The normalized spacial score (nSPS) is 11.1. The van der Waals surface area contributed by atoms with Crippen LogP contribution in [0.25, 0.3) is 33.4 Å². The summed E-state index contributed by atoms with van der Waals surface area (Å²) in [6.45, 7) is 1.99. The third kappa shape index (κ3) is 5.08. The van der Waals surface area contributed by atoms with Crippen LogP contribution in [0.2, 0.25) is 0 Å². The number of urea groups is 1. The maximum Gasteiger partial charge on any atom is 0.323 e. The summed E-state index contributed by atoms with van der Waals surface area (Å²) in [7, 11) is 0. The molecule has 0 aliphatic rings. The molecular formula is C29H24N4OS. The molecular weight excluding hydrogens is 452 g/mol. The van der Waals surface area contributed by atoms with Gasteiger partial charge in [-0.25, -0.2) is 9.78 Å². The van der Waals surface area contributed by atoms with Crippen LogP contribution in [0.3, 0.4) is 0 Å². The molecule has 5 aromatic rings. The number of aryl methyl sites for hydroxylation is 1. The summed E-state index contributed by atoms with van der Waals surface area (Å²) >= 11 is 1.65. The lowest BCUT2D eigenvalue weighted by atomic mass is 10.0. The summed E-state index contributed by atoms with van der Waals surface area (Å²) in [4.78, 5) is 16.8. The van der Waals surface area contributed by atoms with Crippen LogP contribution in [-0.2, 0) is 0 Å². The highest BCUT2D eigenvalue weighted by Crippen LogP contribution is 2.39. The summed E-state index contributed by atoms with van der Waals surface area (Å²) in [6, 6.07) is 25.3. The first-order valence-electron chi connectivity index (χ1n) is 11.2. The maximum absolute atomic E-state index is 12.4. The van der Waals surface area contributed by atoms with Gasteiger partial charge in [0.1, 0.15) is 5.82 Å². The third-order valence-corrected chi connectivity index (χ3v) is 6.67. The van der Waals surface area contributed by atoms with Crippen molar-refractivity contribution in [1.29, 1.82) is 0 Å². The number of benzene rings is 3. The second-order valence-electron chi connectivity index (χ2n) is 8.22. The van der Waals surface area contributed by atoms with Gasteiger partial charge < -0.3 is 16.4 Å². The van der Waals surface area contributed by atoms with Gasteiger partial charge in [0, 0.05) is 38.8 Å². The number of pyridine rings is 1. The topological polar surface area (TPSA) is 80.0 Å². The number of nitrogens with zero attached hydrogens (tertiary/aromatic N) is 1. The summed E-state index contributed by atoms with van der Waals surface area (Å²) in [5.74, 6) is 0.507. The van der Waals surface area contributed by atoms with Gasteiger partial charge in [-0.2, -0.15) is 0 Å². The molecule has 2 amide bonds. The molecule has 3 aromatic carbocycles. The number of anilines is 3. The van der Waals surface area contributed by atoms with Gasteiger partial charge in [0.2, 0.25) is 0 Å². The highest BCUT2D eigenvalue weighted by atomic mass is 32.1. The van der Waals surface area contributed by atoms with E-state index in [9.17, 15) is 4.79 Å². The molecule has 0 aliphatic carbocycles. The molecule has 35 heavy (non-hydrogen) atoms. The molecule has 0 fully saturated rings. The predicted molar refractivity (Wildman–Crippen MR) is 149 cm³/mol. The van der Waals surface area contributed by atoms with E-state index >= 15 is 0 Å². The monoisotopic (exact) mass is 476 g/mol. The van der Waals surface area contributed by atoms with Gasteiger partial charge in [0.25, 0.3) is 0 Å². The van der Waals surface area contributed by atoms with E-state index in [-0.39, 0.29) is 6.03 Å². The summed E-state index contributed by atoms with van der Waals surface area (Å²) in [6.07, 6.45) is 5.97. The molecule has 6 heteroatoms. The Balaban J connectivity index is 1.36. The minimum absolute atomic E-state index is 0.285. The quantitative estimate of drug-likeness (QED) is 0.243. The number of rotatable bonds is 5. The number of fused-ring (bicyclic) bond motifs is 1. The van der Waals surface area contributed by atoms with Crippen molar-refractivity contribution in [2.75, 3.05) is 16.4 Å². The Kier molecular flexibility index (Phi) is 6.28. The maximum atomic E-state index is 12.4. The average molecular weight is 477 g/mol. The largest absolute Gasteiger partial charge is 0.383 e. The molecule has 172 valence electrons. The standard InChI is InChI=1S/C29H24N4OS/c1-19-6-5-9-24(16-19)33-29(34)32-23-14-12-21(13-15-23)25-18-35-27-22(17-31-28(30)26(25)27)11-10-20-7-3-2-4-8-20/h2-18H,1H3,(H2,30,31)(H2,32,33,34)/b11-10+. The Labute approximate surface area is 208 Å². The van der Waals surface area contributed by atoms with Crippen molar-refractivity contribution in [3.05, 3.63) is 107 Å². The molecule has 0 aliphatic heterocycles. The molecule has 5 rings (SSSR count). The molecule has 2 aromatic heterocycles. The molecule has 0 saturated carbocycles. The SMILES string of the molecule is Cc1cccc(NC(=O)Nc2ccc(-c3csc4c(/C=C/c5ccccc5)cnc(N)c34)cc2)c1. The van der Waals surface area contributed by atoms with Crippen molar-refractivity contribution in [2.45, 2.75) is 6.92 Å². The van der Waals surface area contributed by atoms with E-state index in [1.807, 2.05) is 79.9 Å². The number of carbonyl (C=O) groups is 1. The summed E-state index contributed by atoms with van der Waals surface area (Å²) < 4.78 is 1.10. The lowest BCUT2D eigenvalue weighted by Gasteiger charge is -2.09. The Bertz CT molecular complexity index is 1520. The Morgan fingerprint density at radius 1 is 0.914 bits per heavy atom. The molecule has 0 spiro atoms. The van der Waals surface area contributed by atoms with E-state index in [0.717, 1.165) is 43.6 Å². The van der Waals surface area contributed by atoms with Crippen LogP contribution >= 0.6 is 11.3 Å². The van der Waals surface area contributed by atoms with E-state index in [4.69, 9.17) is 5.73 Å². The molecule has 5 nitrogen and oxygen atoms in total. The smallest absolute Gasteiger partial charge is 0.323 e. The molecule has 4 N–H and O–H groups in total. The van der Waals surface area contributed by atoms with Gasteiger partial charge in [-0.1, -0.05) is 66.7 Å². The van der Waals surface area contributed by atoms with Crippen LogP contribution < -0.4 is 16.4 Å². The number of thiophene rings is 1. The minimum Gasteiger partial charge on any atom is -0.383 e. The second kappa shape index (κ2) is 9.83. The highest BCUT2D eigenvalue weighted by Gasteiger charge is 2.13. The molecule has 0 bridgehead atoms. The number of aromatic nitrogens is 1. The van der Waals surface area contributed by atoms with Crippen LogP contribution in [0.15, 0.2) is 90.4 Å². The molecule has 0 radical (unpaired) electrons. The first-order chi connectivity index (χ1) is 17.1. The van der Waals surface area contributed by atoms with Gasteiger partial charge >= 0.3 is 6.03 Å². The Hall–Kier alpha value is -4.42. The molecule has 0 saturated heterocycles. The lowest BCUT2D eigenvalue weighted by molar-refractivity contribution is 0.262. The first kappa shape index (κ1) is 22.4. The molecule has 0 unspecified atom stereocenters. The lowest BCUT2D eigenvalue weighted by Crippen LogP contribution is -2.19. The van der Waals surface area contributed by atoms with E-state index in [1.54, 1.807) is 11.3 Å². The van der Waals surface area contributed by atoms with Gasteiger partial charge in [0.05, 0.1) is 0 Å². The van der Waals surface area contributed by atoms with Gasteiger partial charge in [-0.15, -0.1) is 11.3 Å². The van der Waals surface area contributed by atoms with Crippen LogP contribution in [0, 0.1) is 6.92 Å². The van der Waals surface area contributed by atoms with Gasteiger partial charge in [-0.3, -0.25) is 0 Å². The third-order valence-electron chi connectivity index (χ3n) is 5.64. The first-order valence-corrected chi connectivity index (χ1v) is 12.1. The van der Waals surface area contributed by atoms with Crippen molar-refractivity contribution >= 4 is 56.8 Å². The fourth-order valence-corrected chi connectivity index (χ4v) is 5.00. The van der Waals surface area contributed by atoms with Crippen LogP contribution in [0.5, 0.6) is 0 Å². The fourth-order valence-electron chi connectivity index (χ4n) is 3.92. The number of amides is 2. The highest BCUT2D eigenvalue weighted by molar-refractivity contribution is 7.18. The Morgan fingerprint density at radius 2 is 1.69 bits per heavy atom. The van der Waals surface area contributed by atoms with Crippen molar-refractivity contribution in [1.82, 2.24) is 4.98 Å². The van der Waals surface area contributed by atoms with Gasteiger partial charge in [0.15, 0.2) is 0 Å². The van der Waals surface area contributed by atoms with Crippen LogP contribution in [-0.4, -0.2) is 11.0 Å².